The summed E-state index contributed by atoms with van der Waals surface area (Å²) in [5.74, 6) is -0.178. The molecule has 1 unspecified atom stereocenters. The van der Waals surface area contributed by atoms with Crippen LogP contribution in [-0.2, 0) is 28.4 Å². The number of hydrogen-bond acceptors (Lipinski definition) is 11. The van der Waals surface area contributed by atoms with Gasteiger partial charge in [-0.25, -0.2) is 28.4 Å². The van der Waals surface area contributed by atoms with Crippen LogP contribution in [0.3, 0.4) is 0 Å². The van der Waals surface area contributed by atoms with Crippen molar-refractivity contribution < 1.29 is 77.2 Å². The second-order valence-corrected chi connectivity index (χ2v) is 6.24. The highest BCUT2D eigenvalue weighted by atomic mass is 19.1. The van der Waals surface area contributed by atoms with E-state index < -0.39 is 36.9 Å². The molecule has 0 saturated carbocycles. The first kappa shape index (κ1) is 38.0. The summed E-state index contributed by atoms with van der Waals surface area (Å²) in [5.41, 5.74) is 0. The van der Waals surface area contributed by atoms with Crippen molar-refractivity contribution in [1.82, 2.24) is 0 Å². The van der Waals surface area contributed by atoms with Gasteiger partial charge in [0.15, 0.2) is 0 Å². The Balaban J connectivity index is -0.000000434. The molecule has 4 N–H and O–H groups in total. The maximum atomic E-state index is 11.9. The number of carboxylic acid groups (broad SMARTS) is 4. The maximum absolute atomic E-state index is 11.9. The maximum Gasteiger partial charge on any atom is 0.508 e. The zero-order valence-corrected chi connectivity index (χ0v) is 21.1. The molecule has 0 aliphatic carbocycles. The van der Waals surface area contributed by atoms with Crippen LogP contribution in [0.1, 0.15) is 33.6 Å². The Kier molecular flexibility index (Phi) is 27.1. The Morgan fingerprint density at radius 3 is 1.39 bits per heavy atom. The molecule has 0 saturated heterocycles. The Labute approximate surface area is 217 Å². The fraction of sp³-hybridized carbons (Fsp3) is 0.500. The number of benzene rings is 1. The van der Waals surface area contributed by atoms with E-state index in [1.165, 1.54) is 19.1 Å². The van der Waals surface area contributed by atoms with Gasteiger partial charge in [0.1, 0.15) is 31.7 Å². The van der Waals surface area contributed by atoms with Crippen LogP contribution in [0.5, 0.6) is 0 Å². The van der Waals surface area contributed by atoms with Crippen LogP contribution in [0.2, 0.25) is 0 Å². The summed E-state index contributed by atoms with van der Waals surface area (Å²) >= 11 is 0. The van der Waals surface area contributed by atoms with E-state index in [-0.39, 0.29) is 25.6 Å². The fourth-order valence-corrected chi connectivity index (χ4v) is 1.48. The van der Waals surface area contributed by atoms with Crippen molar-refractivity contribution in [3.8, 4) is 0 Å². The van der Waals surface area contributed by atoms with Gasteiger partial charge in [-0.3, -0.25) is 0 Å². The fourth-order valence-electron chi connectivity index (χ4n) is 1.48. The summed E-state index contributed by atoms with van der Waals surface area (Å²) in [6.45, 7) is 5.31. The quantitative estimate of drug-likeness (QED) is 0.170. The second-order valence-electron chi connectivity index (χ2n) is 6.24. The minimum atomic E-state index is -1.45. The van der Waals surface area contributed by atoms with E-state index in [1.54, 1.807) is 18.2 Å². The van der Waals surface area contributed by atoms with Crippen LogP contribution in [-0.4, -0.2) is 90.3 Å². The summed E-state index contributed by atoms with van der Waals surface area (Å²) in [6, 6.07) is 7.94. The van der Waals surface area contributed by atoms with Gasteiger partial charge in [-0.2, -0.15) is 0 Å². The van der Waals surface area contributed by atoms with Gasteiger partial charge in [0.25, 0.3) is 0 Å². The van der Waals surface area contributed by atoms with Gasteiger partial charge >= 0.3 is 30.8 Å². The summed E-state index contributed by atoms with van der Waals surface area (Å²) in [5, 5.41) is 31.7. The van der Waals surface area contributed by atoms with E-state index in [0.717, 1.165) is 12.8 Å². The van der Waals surface area contributed by atoms with Crippen LogP contribution >= 0.6 is 0 Å². The topological polar surface area (TPSA) is 222 Å². The molecule has 0 amide bonds. The summed E-state index contributed by atoms with van der Waals surface area (Å²) in [6.07, 6.45) is -5.46. The van der Waals surface area contributed by atoms with Crippen molar-refractivity contribution >= 4 is 30.8 Å². The SMILES string of the molecule is CC(COC(=O)O)OC(=O)O.CCCOC(=O)OCCC.Fc1ccccc1.O=C(O)OCCOC(=O)O. The third-order valence-corrected chi connectivity index (χ3v) is 2.86. The monoisotopic (exact) mass is 556 g/mol. The molecule has 1 rings (SSSR count). The highest BCUT2D eigenvalue weighted by Gasteiger charge is 2.09. The predicted molar refractivity (Wildman–Crippen MR) is 125 cm³/mol. The minimum absolute atomic E-state index is 0.178. The van der Waals surface area contributed by atoms with Gasteiger partial charge in [-0.15, -0.1) is 0 Å². The van der Waals surface area contributed by atoms with Crippen LogP contribution in [0.15, 0.2) is 30.3 Å². The van der Waals surface area contributed by atoms with Gasteiger partial charge in [0.05, 0.1) is 13.2 Å². The average Bonchev–Trinajstić information content (AvgIpc) is 2.84. The average molecular weight is 556 g/mol. The van der Waals surface area contributed by atoms with Crippen LogP contribution in [0.4, 0.5) is 28.4 Å². The molecule has 1 atom stereocenters. The molecule has 0 aromatic heterocycles. The van der Waals surface area contributed by atoms with Crippen molar-refractivity contribution in [3.05, 3.63) is 36.1 Å². The Morgan fingerprint density at radius 2 is 1.11 bits per heavy atom. The number of carbonyl (C=O) groups is 5. The molecule has 0 bridgehead atoms. The molecule has 0 heterocycles. The van der Waals surface area contributed by atoms with Crippen molar-refractivity contribution in [2.24, 2.45) is 0 Å². The number of halogens is 1. The summed E-state index contributed by atoms with van der Waals surface area (Å²) < 4.78 is 37.2. The number of rotatable bonds is 10. The zero-order valence-electron chi connectivity index (χ0n) is 21.1. The van der Waals surface area contributed by atoms with E-state index in [9.17, 15) is 28.4 Å². The van der Waals surface area contributed by atoms with Crippen molar-refractivity contribution in [2.75, 3.05) is 33.0 Å². The lowest BCUT2D eigenvalue weighted by molar-refractivity contribution is 0.0122. The molecule has 0 fully saturated rings. The normalized spacial score (nSPS) is 9.58. The molecule has 38 heavy (non-hydrogen) atoms. The first-order valence-electron chi connectivity index (χ1n) is 10.8. The lowest BCUT2D eigenvalue weighted by atomic mass is 10.4. The molecule has 16 heteroatoms. The second kappa shape index (κ2) is 27.1. The first-order chi connectivity index (χ1) is 17.8. The van der Waals surface area contributed by atoms with Crippen LogP contribution < -0.4 is 0 Å². The highest BCUT2D eigenvalue weighted by molar-refractivity contribution is 5.59. The standard InChI is InChI=1S/C7H14O3.C6H5F.C5H8O6.C4H6O6/c1-3-5-9-7(8)10-6-4-2;7-6-4-2-1-3-5-6;1-3(11-5(8)9)2-10-4(6)7;5-3(6)9-1-2-10-4(7)8/h3-6H2,1-2H3;1-5H;3H,2H2,1H3,(H,6,7)(H,8,9);1-2H2,(H,5,6)(H,7,8). The highest BCUT2D eigenvalue weighted by Crippen LogP contribution is 1.93. The summed E-state index contributed by atoms with van der Waals surface area (Å²) in [7, 11) is 0. The van der Waals surface area contributed by atoms with E-state index in [2.05, 4.69) is 28.4 Å². The molecule has 1 aromatic carbocycles. The van der Waals surface area contributed by atoms with E-state index >= 15 is 0 Å². The van der Waals surface area contributed by atoms with Gasteiger partial charge in [0, 0.05) is 0 Å². The molecule has 1 aromatic rings. The molecule has 0 spiro atoms. The molecular weight excluding hydrogens is 523 g/mol. The smallest absolute Gasteiger partial charge is 0.450 e. The van der Waals surface area contributed by atoms with Crippen LogP contribution in [0, 0.1) is 5.82 Å². The molecule has 0 radical (unpaired) electrons. The Morgan fingerprint density at radius 1 is 0.684 bits per heavy atom. The Bertz CT molecular complexity index is 747. The lowest BCUT2D eigenvalue weighted by Crippen LogP contribution is -2.20. The third kappa shape index (κ3) is 38.7. The molecular formula is C22H33FO15. The zero-order chi connectivity index (χ0) is 29.8. The molecule has 218 valence electrons. The first-order valence-corrected chi connectivity index (χ1v) is 10.8. The number of hydrogen-bond donors (Lipinski definition) is 4. The molecule has 0 aliphatic heterocycles. The largest absolute Gasteiger partial charge is 0.508 e. The van der Waals surface area contributed by atoms with E-state index in [0.29, 0.717) is 13.2 Å². The number of ether oxygens (including phenoxy) is 6. The molecule has 15 nitrogen and oxygen atoms in total. The number of carbonyl (C=O) groups excluding carboxylic acids is 1. The van der Waals surface area contributed by atoms with E-state index in [4.69, 9.17) is 20.4 Å². The van der Waals surface area contributed by atoms with Gasteiger partial charge in [0.2, 0.25) is 0 Å². The van der Waals surface area contributed by atoms with E-state index in [1.807, 2.05) is 13.8 Å². The van der Waals surface area contributed by atoms with Crippen molar-refractivity contribution in [3.63, 3.8) is 0 Å². The van der Waals surface area contributed by atoms with Gasteiger partial charge in [-0.05, 0) is 31.9 Å². The van der Waals surface area contributed by atoms with Crippen molar-refractivity contribution in [1.29, 1.82) is 0 Å². The van der Waals surface area contributed by atoms with Gasteiger partial charge < -0.3 is 48.8 Å². The van der Waals surface area contributed by atoms with Crippen LogP contribution in [0.25, 0.3) is 0 Å². The third-order valence-electron chi connectivity index (χ3n) is 2.86. The lowest BCUT2D eigenvalue weighted by Gasteiger charge is -2.08. The van der Waals surface area contributed by atoms with Crippen molar-refractivity contribution in [2.45, 2.75) is 39.7 Å². The predicted octanol–water partition coefficient (Wildman–Crippen LogP) is 4.93. The van der Waals surface area contributed by atoms with Gasteiger partial charge in [-0.1, -0.05) is 32.0 Å². The Hall–Kier alpha value is -4.50. The summed E-state index contributed by atoms with van der Waals surface area (Å²) in [4.78, 5) is 49.3. The minimum Gasteiger partial charge on any atom is -0.450 e. The molecule has 0 aliphatic rings.